The Morgan fingerprint density at radius 1 is 0.458 bits per heavy atom. The highest BCUT2D eigenvalue weighted by molar-refractivity contribution is 7.62. The normalized spacial score (nSPS) is 12.0. The monoisotopic (exact) mass is 358 g/mol. The Kier molecular flexibility index (Phi) is 18.2. The molecule has 0 atom stereocenters. The Labute approximate surface area is 154 Å². The first kappa shape index (κ1) is 24.2. The van der Waals surface area contributed by atoms with Crippen molar-refractivity contribution in [2.75, 3.05) is 19.5 Å². The maximum atomic E-state index is 11.6. The van der Waals surface area contributed by atoms with Gasteiger partial charge in [-0.3, -0.25) is 0 Å². The molecule has 1 nitrogen and oxygen atoms in total. The molecular formula is C22H47OP. The van der Waals surface area contributed by atoms with Crippen LogP contribution in [0.15, 0.2) is 0 Å². The van der Waals surface area contributed by atoms with Crippen LogP contribution in [0.25, 0.3) is 0 Å². The number of unbranched alkanes of at least 4 members (excludes halogenated alkanes) is 17. The summed E-state index contributed by atoms with van der Waals surface area (Å²) in [6, 6.07) is 0. The summed E-state index contributed by atoms with van der Waals surface area (Å²) in [5.74, 6) is 0. The van der Waals surface area contributed by atoms with Gasteiger partial charge >= 0.3 is 0 Å². The van der Waals surface area contributed by atoms with Gasteiger partial charge in [0.2, 0.25) is 0 Å². The molecule has 0 spiro atoms. The van der Waals surface area contributed by atoms with E-state index < -0.39 is 7.14 Å². The quantitative estimate of drug-likeness (QED) is 0.167. The lowest BCUT2D eigenvalue weighted by atomic mass is 10.0. The van der Waals surface area contributed by atoms with Crippen molar-refractivity contribution in [3.8, 4) is 0 Å². The minimum absolute atomic E-state index is 0.950. The topological polar surface area (TPSA) is 17.1 Å². The van der Waals surface area contributed by atoms with E-state index in [-0.39, 0.29) is 0 Å². The molecule has 146 valence electrons. The predicted molar refractivity (Wildman–Crippen MR) is 113 cm³/mol. The van der Waals surface area contributed by atoms with Crippen molar-refractivity contribution in [3.05, 3.63) is 0 Å². The third kappa shape index (κ3) is 22.2. The third-order valence-electron chi connectivity index (χ3n) is 5.05. The van der Waals surface area contributed by atoms with E-state index in [9.17, 15) is 4.57 Å². The SMILES string of the molecule is CCCCCCCCCCCCCCCCCCCCP(C)(C)=O. The Balaban J connectivity index is 3.02. The van der Waals surface area contributed by atoms with Crippen LogP contribution in [0.5, 0.6) is 0 Å². The molecule has 0 aromatic heterocycles. The number of rotatable bonds is 19. The second-order valence-electron chi connectivity index (χ2n) is 8.31. The van der Waals surface area contributed by atoms with Crippen LogP contribution in [0, 0.1) is 0 Å². The van der Waals surface area contributed by atoms with Gasteiger partial charge in [0.25, 0.3) is 0 Å². The fourth-order valence-corrected chi connectivity index (χ4v) is 4.38. The van der Waals surface area contributed by atoms with Crippen molar-refractivity contribution in [3.63, 3.8) is 0 Å². The zero-order chi connectivity index (χ0) is 17.9. The largest absolute Gasteiger partial charge is 0.324 e. The lowest BCUT2D eigenvalue weighted by molar-refractivity contribution is 0.526. The van der Waals surface area contributed by atoms with Gasteiger partial charge in [0, 0.05) is 6.16 Å². The van der Waals surface area contributed by atoms with Gasteiger partial charge < -0.3 is 4.57 Å². The summed E-state index contributed by atoms with van der Waals surface area (Å²) in [5, 5.41) is 0. The maximum Gasteiger partial charge on any atom is 0.0819 e. The van der Waals surface area contributed by atoms with Crippen molar-refractivity contribution in [2.45, 2.75) is 122 Å². The molecule has 0 N–H and O–H groups in total. The second kappa shape index (κ2) is 18.0. The maximum absolute atomic E-state index is 11.6. The van der Waals surface area contributed by atoms with E-state index in [0.717, 1.165) is 6.16 Å². The van der Waals surface area contributed by atoms with E-state index in [1.807, 2.05) is 13.3 Å². The Bertz CT molecular complexity index is 282. The van der Waals surface area contributed by atoms with E-state index in [1.165, 1.54) is 116 Å². The Morgan fingerprint density at radius 3 is 0.958 bits per heavy atom. The summed E-state index contributed by atoms with van der Waals surface area (Å²) in [6.07, 6.45) is 26.4. The zero-order valence-corrected chi connectivity index (χ0v) is 18.2. The van der Waals surface area contributed by atoms with Crippen LogP contribution in [-0.4, -0.2) is 19.5 Å². The molecule has 0 unspecified atom stereocenters. The predicted octanol–water partition coefficient (Wildman–Crippen LogP) is 8.65. The molecule has 0 radical (unpaired) electrons. The van der Waals surface area contributed by atoms with Crippen LogP contribution < -0.4 is 0 Å². The van der Waals surface area contributed by atoms with Gasteiger partial charge in [-0.15, -0.1) is 0 Å². The summed E-state index contributed by atoms with van der Waals surface area (Å²) in [7, 11) is -1.76. The fourth-order valence-electron chi connectivity index (χ4n) is 3.39. The van der Waals surface area contributed by atoms with E-state index in [1.54, 1.807) is 0 Å². The van der Waals surface area contributed by atoms with Crippen LogP contribution in [0.1, 0.15) is 122 Å². The Hall–Kier alpha value is 0.230. The molecule has 0 aliphatic carbocycles. The second-order valence-corrected chi connectivity index (χ2v) is 11.9. The average molecular weight is 359 g/mol. The Morgan fingerprint density at radius 2 is 0.708 bits per heavy atom. The van der Waals surface area contributed by atoms with Gasteiger partial charge in [0.1, 0.15) is 0 Å². The molecule has 0 saturated carbocycles. The molecule has 2 heteroatoms. The molecule has 24 heavy (non-hydrogen) atoms. The fraction of sp³-hybridized carbons (Fsp3) is 1.00. The highest BCUT2D eigenvalue weighted by atomic mass is 31.2. The van der Waals surface area contributed by atoms with E-state index in [0.29, 0.717) is 0 Å². The first-order chi connectivity index (χ1) is 11.6. The van der Waals surface area contributed by atoms with Crippen molar-refractivity contribution in [2.24, 2.45) is 0 Å². The minimum atomic E-state index is -1.76. The van der Waals surface area contributed by atoms with Crippen molar-refractivity contribution in [1.29, 1.82) is 0 Å². The van der Waals surface area contributed by atoms with Crippen molar-refractivity contribution < 1.29 is 4.57 Å². The minimum Gasteiger partial charge on any atom is -0.324 e. The molecule has 0 aliphatic rings. The first-order valence-electron chi connectivity index (χ1n) is 11.1. The van der Waals surface area contributed by atoms with Crippen molar-refractivity contribution in [1.82, 2.24) is 0 Å². The molecular weight excluding hydrogens is 311 g/mol. The summed E-state index contributed by atoms with van der Waals surface area (Å²) in [4.78, 5) is 0. The lowest BCUT2D eigenvalue weighted by Gasteiger charge is -2.06. The summed E-state index contributed by atoms with van der Waals surface area (Å²) in [5.41, 5.74) is 0. The highest BCUT2D eigenvalue weighted by Crippen LogP contribution is 2.36. The molecule has 0 bridgehead atoms. The van der Waals surface area contributed by atoms with Crippen LogP contribution in [0.4, 0.5) is 0 Å². The van der Waals surface area contributed by atoms with Crippen LogP contribution >= 0.6 is 7.14 Å². The average Bonchev–Trinajstić information content (AvgIpc) is 2.52. The molecule has 0 rings (SSSR count). The standard InChI is InChI=1S/C22H47OP/c1-4-5-6-7-8-9-10-11-12-13-14-15-16-17-18-19-20-21-22-24(2,3)23/h4-22H2,1-3H3. The van der Waals surface area contributed by atoms with Gasteiger partial charge in [-0.25, -0.2) is 0 Å². The van der Waals surface area contributed by atoms with Crippen LogP contribution in [0.2, 0.25) is 0 Å². The van der Waals surface area contributed by atoms with Crippen LogP contribution in [0.3, 0.4) is 0 Å². The van der Waals surface area contributed by atoms with E-state index in [2.05, 4.69) is 6.92 Å². The third-order valence-corrected chi connectivity index (χ3v) is 6.44. The molecule has 0 fully saturated rings. The summed E-state index contributed by atoms with van der Waals surface area (Å²) < 4.78 is 11.6. The molecule has 0 saturated heterocycles. The van der Waals surface area contributed by atoms with E-state index in [4.69, 9.17) is 0 Å². The number of hydrogen-bond donors (Lipinski definition) is 0. The van der Waals surface area contributed by atoms with Gasteiger partial charge in [-0.05, 0) is 19.8 Å². The van der Waals surface area contributed by atoms with Gasteiger partial charge in [0.05, 0.1) is 7.14 Å². The van der Waals surface area contributed by atoms with Crippen LogP contribution in [-0.2, 0) is 4.57 Å². The molecule has 0 aromatic rings. The summed E-state index contributed by atoms with van der Waals surface area (Å²) in [6.45, 7) is 6.13. The first-order valence-corrected chi connectivity index (χ1v) is 13.9. The smallest absolute Gasteiger partial charge is 0.0819 e. The molecule has 0 aliphatic heterocycles. The lowest BCUT2D eigenvalue weighted by Crippen LogP contribution is -1.87. The van der Waals surface area contributed by atoms with Gasteiger partial charge in [-0.1, -0.05) is 116 Å². The molecule has 0 amide bonds. The summed E-state index contributed by atoms with van der Waals surface area (Å²) >= 11 is 0. The van der Waals surface area contributed by atoms with Gasteiger partial charge in [0.15, 0.2) is 0 Å². The zero-order valence-electron chi connectivity index (χ0n) is 17.3. The highest BCUT2D eigenvalue weighted by Gasteiger charge is 2.05. The van der Waals surface area contributed by atoms with Crippen molar-refractivity contribution >= 4 is 7.14 Å². The van der Waals surface area contributed by atoms with Gasteiger partial charge in [-0.2, -0.15) is 0 Å². The number of hydrogen-bond acceptors (Lipinski definition) is 1. The molecule has 0 aromatic carbocycles. The molecule has 0 heterocycles. The van der Waals surface area contributed by atoms with E-state index >= 15 is 0 Å².